The average Bonchev–Trinajstić information content (AvgIpc) is 3.05. The molecule has 25 heavy (non-hydrogen) atoms. The largest absolute Gasteiger partial charge is 0.364 e. The lowest BCUT2D eigenvalue weighted by atomic mass is 9.82. The first-order chi connectivity index (χ1) is 12.2. The van der Waals surface area contributed by atoms with Crippen LogP contribution in [0.2, 0.25) is 0 Å². The molecule has 0 radical (unpaired) electrons. The molecule has 2 aliphatic rings. The molecule has 4 rings (SSSR count). The Morgan fingerprint density at radius 1 is 1.40 bits per heavy atom. The highest BCUT2D eigenvalue weighted by atomic mass is 16.5. The average molecular weight is 340 g/mol. The van der Waals surface area contributed by atoms with E-state index >= 15 is 0 Å². The fourth-order valence-electron chi connectivity index (χ4n) is 3.58. The Balaban J connectivity index is 1.59. The van der Waals surface area contributed by atoms with Crippen LogP contribution in [-0.4, -0.2) is 26.1 Å². The van der Waals surface area contributed by atoms with Crippen LogP contribution in [0, 0.1) is 17.2 Å². The second-order valence-electron chi connectivity index (χ2n) is 6.99. The number of rotatable bonds is 5. The number of aromatic nitrogens is 4. The molecule has 2 aromatic heterocycles. The van der Waals surface area contributed by atoms with Gasteiger partial charge in [-0.3, -0.25) is 4.79 Å². The number of carbonyl (C=O) groups is 1. The molecule has 0 saturated heterocycles. The van der Waals surface area contributed by atoms with Crippen LogP contribution < -0.4 is 5.32 Å². The predicted molar refractivity (Wildman–Crippen MR) is 86.1 cm³/mol. The summed E-state index contributed by atoms with van der Waals surface area (Å²) in [6.45, 7) is 0. The highest BCUT2D eigenvalue weighted by Crippen LogP contribution is 2.42. The van der Waals surface area contributed by atoms with Crippen LogP contribution in [0.5, 0.6) is 0 Å². The second-order valence-corrected chi connectivity index (χ2v) is 6.99. The first kappa shape index (κ1) is 15.8. The first-order valence-corrected chi connectivity index (χ1v) is 8.76. The molecule has 1 amide bonds. The van der Waals surface area contributed by atoms with Gasteiger partial charge in [0.05, 0.1) is 30.1 Å². The molecule has 1 atom stereocenters. The summed E-state index contributed by atoms with van der Waals surface area (Å²) < 4.78 is 6.42. The molecular weight excluding hydrogens is 320 g/mol. The molecule has 2 saturated carbocycles. The van der Waals surface area contributed by atoms with E-state index in [-0.39, 0.29) is 11.9 Å². The minimum atomic E-state index is -0.541. The van der Waals surface area contributed by atoms with E-state index in [4.69, 9.17) is 4.52 Å². The van der Waals surface area contributed by atoms with Crippen molar-refractivity contribution >= 4 is 5.91 Å². The van der Waals surface area contributed by atoms with Gasteiger partial charge in [-0.05, 0) is 31.6 Å². The van der Waals surface area contributed by atoms with Crippen LogP contribution in [-0.2, 0) is 5.54 Å². The number of nitrogens with zero attached hydrogens (tertiary/aromatic N) is 5. The minimum Gasteiger partial charge on any atom is -0.364 e. The molecule has 0 spiro atoms. The van der Waals surface area contributed by atoms with Gasteiger partial charge < -0.3 is 9.84 Å². The zero-order chi connectivity index (χ0) is 17.3. The quantitative estimate of drug-likeness (QED) is 0.894. The smallest absolute Gasteiger partial charge is 0.256 e. The Kier molecular flexibility index (Phi) is 3.99. The number of nitriles is 1. The molecule has 0 aliphatic heterocycles. The van der Waals surface area contributed by atoms with Gasteiger partial charge in [0.1, 0.15) is 12.0 Å². The summed E-state index contributed by atoms with van der Waals surface area (Å²) in [5.41, 5.74) is 0.572. The lowest BCUT2D eigenvalue weighted by Crippen LogP contribution is -2.34. The van der Waals surface area contributed by atoms with E-state index in [1.54, 1.807) is 4.68 Å². The molecule has 8 heteroatoms. The minimum absolute atomic E-state index is 0.217. The Morgan fingerprint density at radius 2 is 2.20 bits per heavy atom. The summed E-state index contributed by atoms with van der Waals surface area (Å²) in [5, 5.41) is 24.5. The van der Waals surface area contributed by atoms with Gasteiger partial charge in [-0.25, -0.2) is 4.68 Å². The lowest BCUT2D eigenvalue weighted by Gasteiger charge is -2.29. The molecular formula is C17H20N6O2. The molecule has 2 heterocycles. The fourth-order valence-corrected chi connectivity index (χ4v) is 3.58. The summed E-state index contributed by atoms with van der Waals surface area (Å²) in [5.74, 6) is 0.0905. The van der Waals surface area contributed by atoms with Gasteiger partial charge >= 0.3 is 0 Å². The fraction of sp³-hybridized carbons (Fsp3) is 0.588. The van der Waals surface area contributed by atoms with Gasteiger partial charge in [0, 0.05) is 0 Å². The third kappa shape index (κ3) is 3.02. The lowest BCUT2D eigenvalue weighted by molar-refractivity contribution is 0.0910. The SMILES string of the molecule is N#CC1(n2cc([C@@H](NC(=O)c3cnoc3)C3CCCCC3)nn2)CC1. The molecule has 2 aromatic rings. The highest BCUT2D eigenvalue weighted by molar-refractivity contribution is 5.93. The second kappa shape index (κ2) is 6.31. The van der Waals surface area contributed by atoms with Gasteiger partial charge in [-0.15, -0.1) is 5.10 Å². The summed E-state index contributed by atoms with van der Waals surface area (Å²) in [4.78, 5) is 12.5. The van der Waals surface area contributed by atoms with E-state index in [9.17, 15) is 10.1 Å². The monoisotopic (exact) mass is 340 g/mol. The number of amides is 1. The molecule has 1 N–H and O–H groups in total. The number of hydrogen-bond donors (Lipinski definition) is 1. The van der Waals surface area contributed by atoms with Crippen molar-refractivity contribution in [3.63, 3.8) is 0 Å². The van der Waals surface area contributed by atoms with E-state index in [2.05, 4.69) is 26.9 Å². The van der Waals surface area contributed by atoms with Gasteiger partial charge in [-0.1, -0.05) is 29.6 Å². The number of carbonyl (C=O) groups excluding carboxylic acids is 1. The summed E-state index contributed by atoms with van der Waals surface area (Å²) in [6, 6.07) is 2.10. The van der Waals surface area contributed by atoms with Gasteiger partial charge in [0.25, 0.3) is 5.91 Å². The third-order valence-electron chi connectivity index (χ3n) is 5.30. The Morgan fingerprint density at radius 3 is 2.84 bits per heavy atom. The van der Waals surface area contributed by atoms with Crippen LogP contribution in [0.25, 0.3) is 0 Å². The molecule has 8 nitrogen and oxygen atoms in total. The summed E-state index contributed by atoms with van der Waals surface area (Å²) in [7, 11) is 0. The van der Waals surface area contributed by atoms with Crippen molar-refractivity contribution in [3.8, 4) is 6.07 Å². The van der Waals surface area contributed by atoms with Crippen molar-refractivity contribution in [3.05, 3.63) is 29.9 Å². The maximum Gasteiger partial charge on any atom is 0.256 e. The first-order valence-electron chi connectivity index (χ1n) is 8.76. The van der Waals surface area contributed by atoms with Crippen LogP contribution >= 0.6 is 0 Å². The Hall–Kier alpha value is -2.69. The summed E-state index contributed by atoms with van der Waals surface area (Å²) >= 11 is 0. The molecule has 0 bridgehead atoms. The Labute approximate surface area is 145 Å². The van der Waals surface area contributed by atoms with Gasteiger partial charge in [0.15, 0.2) is 5.54 Å². The maximum absolute atomic E-state index is 12.5. The highest BCUT2D eigenvalue weighted by Gasteiger charge is 2.47. The standard InChI is InChI=1S/C17H20N6O2/c18-11-17(6-7-17)23-9-14(21-22-23)15(12-4-2-1-3-5-12)20-16(24)13-8-19-25-10-13/h8-10,12,15H,1-7H2,(H,20,24)/t15-/m0/s1. The predicted octanol–water partition coefficient (Wildman–Crippen LogP) is 2.33. The van der Waals surface area contributed by atoms with Crippen molar-refractivity contribution in [2.24, 2.45) is 5.92 Å². The number of hydrogen-bond acceptors (Lipinski definition) is 6. The van der Waals surface area contributed by atoms with Crippen LogP contribution in [0.4, 0.5) is 0 Å². The topological polar surface area (TPSA) is 110 Å². The third-order valence-corrected chi connectivity index (χ3v) is 5.30. The van der Waals surface area contributed by atoms with E-state index in [0.717, 1.165) is 44.2 Å². The van der Waals surface area contributed by atoms with Crippen LogP contribution in [0.1, 0.15) is 67.0 Å². The normalized spacial score (nSPS) is 20.6. The Bertz CT molecular complexity index is 780. The van der Waals surface area contributed by atoms with E-state index in [0.29, 0.717) is 11.5 Å². The van der Waals surface area contributed by atoms with E-state index < -0.39 is 5.54 Å². The van der Waals surface area contributed by atoms with E-state index in [1.807, 2.05) is 6.20 Å². The van der Waals surface area contributed by atoms with Crippen molar-refractivity contribution in [1.82, 2.24) is 25.5 Å². The van der Waals surface area contributed by atoms with E-state index in [1.165, 1.54) is 18.9 Å². The van der Waals surface area contributed by atoms with Crippen LogP contribution in [0.15, 0.2) is 23.2 Å². The zero-order valence-corrected chi connectivity index (χ0v) is 13.9. The van der Waals surface area contributed by atoms with Gasteiger partial charge in [0.2, 0.25) is 0 Å². The molecule has 0 aromatic carbocycles. The van der Waals surface area contributed by atoms with Crippen molar-refractivity contribution in [1.29, 1.82) is 5.26 Å². The molecule has 0 unspecified atom stereocenters. The number of nitrogens with one attached hydrogen (secondary N) is 1. The van der Waals surface area contributed by atoms with Crippen LogP contribution in [0.3, 0.4) is 0 Å². The van der Waals surface area contributed by atoms with Crippen molar-refractivity contribution in [2.45, 2.75) is 56.5 Å². The molecule has 2 fully saturated rings. The maximum atomic E-state index is 12.5. The zero-order valence-electron chi connectivity index (χ0n) is 13.9. The molecule has 130 valence electrons. The van der Waals surface area contributed by atoms with Gasteiger partial charge in [-0.2, -0.15) is 5.26 Å². The van der Waals surface area contributed by atoms with Crippen molar-refractivity contribution in [2.75, 3.05) is 0 Å². The van der Waals surface area contributed by atoms with Crippen molar-refractivity contribution < 1.29 is 9.32 Å². The summed E-state index contributed by atoms with van der Waals surface area (Å²) in [6.07, 6.45) is 11.8. The molecule has 2 aliphatic carbocycles.